The summed E-state index contributed by atoms with van der Waals surface area (Å²) in [5.41, 5.74) is 0. The predicted molar refractivity (Wildman–Crippen MR) is 62.5 cm³/mol. The second kappa shape index (κ2) is 4.77. The second-order valence-electron chi connectivity index (χ2n) is 3.35. The van der Waals surface area contributed by atoms with Crippen molar-refractivity contribution in [3.8, 4) is 0 Å². The summed E-state index contributed by atoms with van der Waals surface area (Å²) in [6.07, 6.45) is 0. The third kappa shape index (κ3) is 2.26. The van der Waals surface area contributed by atoms with E-state index in [1.165, 1.54) is 0 Å². The Morgan fingerprint density at radius 3 is 2.07 bits per heavy atom. The molecule has 0 radical (unpaired) electrons. The maximum absolute atomic E-state index is 12.5. The van der Waals surface area contributed by atoms with E-state index in [1.54, 1.807) is 0 Å². The van der Waals surface area contributed by atoms with E-state index in [-0.39, 0.29) is 0 Å². The van der Waals surface area contributed by atoms with Crippen LogP contribution in [0, 0.1) is 0 Å². The first kappa shape index (κ1) is 11.5. The maximum atomic E-state index is 12.5. The van der Waals surface area contributed by atoms with Crippen LogP contribution in [0.2, 0.25) is 0 Å². The summed E-state index contributed by atoms with van der Waals surface area (Å²) in [6.45, 7) is 7.60. The van der Waals surface area contributed by atoms with Crippen LogP contribution >= 0.6 is 7.29 Å². The normalized spacial score (nSPS) is 15.4. The second-order valence-corrected chi connectivity index (χ2v) is 6.19. The van der Waals surface area contributed by atoms with Gasteiger partial charge in [0.1, 0.15) is 0 Å². The highest BCUT2D eigenvalue weighted by atomic mass is 31.2. The van der Waals surface area contributed by atoms with Crippen LogP contribution in [0.1, 0.15) is 13.8 Å². The van der Waals surface area contributed by atoms with E-state index in [4.69, 9.17) is 0 Å². The van der Waals surface area contributed by atoms with Gasteiger partial charge >= 0.3 is 0 Å². The van der Waals surface area contributed by atoms with Gasteiger partial charge in [-0.3, -0.25) is 4.67 Å². The van der Waals surface area contributed by atoms with Gasteiger partial charge in [0.15, 0.2) is 7.29 Å². The minimum absolute atomic E-state index is 0.833. The third-order valence-corrected chi connectivity index (χ3v) is 5.41. The van der Waals surface area contributed by atoms with E-state index in [9.17, 15) is 4.57 Å². The van der Waals surface area contributed by atoms with Crippen molar-refractivity contribution in [1.82, 2.24) is 4.67 Å². The highest BCUT2D eigenvalue weighted by Gasteiger charge is 2.23. The minimum Gasteiger partial charge on any atom is -0.302 e. The van der Waals surface area contributed by atoms with Gasteiger partial charge in [0.05, 0.1) is 0 Å². The van der Waals surface area contributed by atoms with Gasteiger partial charge in [0, 0.05) is 25.1 Å². The Labute approximate surface area is 86.4 Å². The van der Waals surface area contributed by atoms with E-state index < -0.39 is 7.29 Å². The molecule has 0 saturated carbocycles. The van der Waals surface area contributed by atoms with Crippen LogP contribution in [0.3, 0.4) is 0 Å². The number of nitrogens with zero attached hydrogens (tertiary/aromatic N) is 1. The predicted octanol–water partition coefficient (Wildman–Crippen LogP) is 2.56. The molecule has 1 unspecified atom stereocenters. The molecule has 0 aliphatic rings. The smallest absolute Gasteiger partial charge is 0.175 e. The van der Waals surface area contributed by atoms with Crippen LogP contribution in [0.15, 0.2) is 30.3 Å². The molecule has 0 aliphatic heterocycles. The molecule has 0 bridgehead atoms. The van der Waals surface area contributed by atoms with Crippen LogP contribution < -0.4 is 5.30 Å². The molecular weight excluding hydrogens is 193 g/mol. The van der Waals surface area contributed by atoms with Gasteiger partial charge in [-0.15, -0.1) is 0 Å². The average Bonchev–Trinajstić information content (AvgIpc) is 2.20. The zero-order chi connectivity index (χ0) is 10.6. The van der Waals surface area contributed by atoms with E-state index in [0.29, 0.717) is 0 Å². The molecule has 0 fully saturated rings. The number of benzene rings is 1. The lowest BCUT2D eigenvalue weighted by atomic mass is 10.4. The first-order chi connectivity index (χ1) is 6.62. The molecule has 1 rings (SSSR count). The Kier molecular flexibility index (Phi) is 3.91. The monoisotopic (exact) mass is 211 g/mol. The van der Waals surface area contributed by atoms with Crippen molar-refractivity contribution in [3.05, 3.63) is 30.3 Å². The fourth-order valence-corrected chi connectivity index (χ4v) is 3.76. The lowest BCUT2D eigenvalue weighted by Gasteiger charge is -2.26. The van der Waals surface area contributed by atoms with Crippen molar-refractivity contribution < 1.29 is 4.57 Å². The average molecular weight is 211 g/mol. The molecule has 0 spiro atoms. The fraction of sp³-hybridized carbons (Fsp3) is 0.455. The SMILES string of the molecule is CCN(CC)P(C)(=O)c1ccccc1. The summed E-state index contributed by atoms with van der Waals surface area (Å²) < 4.78 is 14.5. The highest BCUT2D eigenvalue weighted by Crippen LogP contribution is 2.43. The molecule has 0 saturated heterocycles. The first-order valence-corrected chi connectivity index (χ1v) is 7.12. The van der Waals surface area contributed by atoms with Gasteiger partial charge in [0.2, 0.25) is 0 Å². The summed E-state index contributed by atoms with van der Waals surface area (Å²) >= 11 is 0. The summed E-state index contributed by atoms with van der Waals surface area (Å²) in [5, 5.41) is 0.948. The quantitative estimate of drug-likeness (QED) is 0.713. The molecule has 1 atom stereocenters. The Hall–Kier alpha value is -0.590. The largest absolute Gasteiger partial charge is 0.302 e. The lowest BCUT2D eigenvalue weighted by Crippen LogP contribution is -2.25. The van der Waals surface area contributed by atoms with Crippen molar-refractivity contribution in [2.45, 2.75) is 13.8 Å². The molecule has 1 aromatic rings. The van der Waals surface area contributed by atoms with Crippen LogP contribution in [0.25, 0.3) is 0 Å². The van der Waals surface area contributed by atoms with Gasteiger partial charge in [-0.25, -0.2) is 0 Å². The molecule has 78 valence electrons. The topological polar surface area (TPSA) is 20.3 Å². The first-order valence-electron chi connectivity index (χ1n) is 5.01. The van der Waals surface area contributed by atoms with E-state index >= 15 is 0 Å². The summed E-state index contributed by atoms with van der Waals surface area (Å²) in [5.74, 6) is 0. The number of rotatable bonds is 4. The Balaban J connectivity index is 3.01. The van der Waals surface area contributed by atoms with Gasteiger partial charge in [-0.1, -0.05) is 44.2 Å². The van der Waals surface area contributed by atoms with Crippen molar-refractivity contribution in [3.63, 3.8) is 0 Å². The fourth-order valence-electron chi connectivity index (χ4n) is 1.63. The molecule has 0 aromatic heterocycles. The van der Waals surface area contributed by atoms with Gasteiger partial charge in [0.25, 0.3) is 0 Å². The van der Waals surface area contributed by atoms with Crippen molar-refractivity contribution in [1.29, 1.82) is 0 Å². The number of hydrogen-bond acceptors (Lipinski definition) is 1. The molecular formula is C11H18NOP. The lowest BCUT2D eigenvalue weighted by molar-refractivity contribution is 0.455. The van der Waals surface area contributed by atoms with Crippen molar-refractivity contribution in [2.24, 2.45) is 0 Å². The van der Waals surface area contributed by atoms with Crippen LogP contribution in [-0.4, -0.2) is 24.4 Å². The molecule has 1 aromatic carbocycles. The van der Waals surface area contributed by atoms with Crippen molar-refractivity contribution >= 4 is 12.6 Å². The maximum Gasteiger partial charge on any atom is 0.175 e. The Bertz CT molecular complexity index is 319. The minimum atomic E-state index is -2.32. The molecule has 2 nitrogen and oxygen atoms in total. The highest BCUT2D eigenvalue weighted by molar-refractivity contribution is 7.68. The number of hydrogen-bond donors (Lipinski definition) is 0. The molecule has 14 heavy (non-hydrogen) atoms. The zero-order valence-corrected chi connectivity index (χ0v) is 10.00. The Morgan fingerprint density at radius 2 is 1.64 bits per heavy atom. The summed E-state index contributed by atoms with van der Waals surface area (Å²) in [6, 6.07) is 9.72. The van der Waals surface area contributed by atoms with E-state index in [0.717, 1.165) is 18.4 Å². The van der Waals surface area contributed by atoms with Crippen LogP contribution in [-0.2, 0) is 4.57 Å². The molecule has 0 heterocycles. The zero-order valence-electron chi connectivity index (χ0n) is 9.10. The van der Waals surface area contributed by atoms with Gasteiger partial charge in [-0.2, -0.15) is 0 Å². The molecule has 3 heteroatoms. The standard InChI is InChI=1S/C11H18NOP/c1-4-12(5-2)14(3,13)11-9-7-6-8-10-11/h6-10H,4-5H2,1-3H3. The summed E-state index contributed by atoms with van der Waals surface area (Å²) in [7, 11) is -2.32. The van der Waals surface area contributed by atoms with E-state index in [2.05, 4.69) is 0 Å². The molecule has 0 N–H and O–H groups in total. The third-order valence-electron chi connectivity index (χ3n) is 2.51. The summed E-state index contributed by atoms with van der Waals surface area (Å²) in [4.78, 5) is 0. The molecule has 0 amide bonds. The van der Waals surface area contributed by atoms with Crippen LogP contribution in [0.4, 0.5) is 0 Å². The van der Waals surface area contributed by atoms with Gasteiger partial charge in [-0.05, 0) is 0 Å². The molecule has 0 aliphatic carbocycles. The van der Waals surface area contributed by atoms with Gasteiger partial charge < -0.3 is 4.57 Å². The van der Waals surface area contributed by atoms with E-state index in [1.807, 2.05) is 55.5 Å². The van der Waals surface area contributed by atoms with Crippen LogP contribution in [0.5, 0.6) is 0 Å². The van der Waals surface area contributed by atoms with Crippen molar-refractivity contribution in [2.75, 3.05) is 19.8 Å². The Morgan fingerprint density at radius 1 is 1.14 bits per heavy atom.